The van der Waals surface area contributed by atoms with Crippen LogP contribution in [0.15, 0.2) is 23.1 Å². The third-order valence-electron chi connectivity index (χ3n) is 2.87. The van der Waals surface area contributed by atoms with E-state index in [1.165, 1.54) is 11.8 Å². The molecule has 0 aromatic heterocycles. The van der Waals surface area contributed by atoms with Crippen molar-refractivity contribution in [3.63, 3.8) is 0 Å². The molecule has 0 fully saturated rings. The van der Waals surface area contributed by atoms with Crippen molar-refractivity contribution in [1.82, 2.24) is 0 Å². The van der Waals surface area contributed by atoms with Gasteiger partial charge in [-0.2, -0.15) is 0 Å². The number of nitrogens with two attached hydrogens (primary N) is 1. The molecule has 1 aromatic rings. The minimum absolute atomic E-state index is 0.0147. The third-order valence-corrected chi connectivity index (χ3v) is 3.90. The average Bonchev–Trinajstić information content (AvgIpc) is 2.40. The van der Waals surface area contributed by atoms with Gasteiger partial charge in [0.15, 0.2) is 0 Å². The molecule has 2 amide bonds. The number of amides is 2. The number of fused-ring (bicyclic) bond motifs is 1. The number of primary amides is 1. The van der Waals surface area contributed by atoms with E-state index in [1.807, 2.05) is 0 Å². The highest BCUT2D eigenvalue weighted by Crippen LogP contribution is 2.35. The van der Waals surface area contributed by atoms with Crippen LogP contribution in [0.4, 0.5) is 5.69 Å². The molecule has 0 radical (unpaired) electrons. The fraction of sp³-hybridized carbons (Fsp3) is 0.308. The summed E-state index contributed by atoms with van der Waals surface area (Å²) in [7, 11) is 0. The van der Waals surface area contributed by atoms with Gasteiger partial charge in [0.25, 0.3) is 0 Å². The number of rotatable bonds is 5. The van der Waals surface area contributed by atoms with Crippen molar-refractivity contribution < 1.29 is 14.4 Å². The first-order valence-corrected chi connectivity index (χ1v) is 6.91. The Bertz CT molecular complexity index is 531. The Hall–Kier alpha value is -1.82. The van der Waals surface area contributed by atoms with E-state index in [2.05, 4.69) is 0 Å². The molecular weight excluding hydrogens is 264 g/mol. The van der Waals surface area contributed by atoms with E-state index >= 15 is 0 Å². The van der Waals surface area contributed by atoms with E-state index < -0.39 is 0 Å². The molecule has 5 nitrogen and oxygen atoms in total. The Morgan fingerprint density at radius 1 is 1.47 bits per heavy atom. The Morgan fingerprint density at radius 3 is 2.95 bits per heavy atom. The summed E-state index contributed by atoms with van der Waals surface area (Å²) in [5.74, 6) is 0.00230. The monoisotopic (exact) mass is 278 g/mol. The van der Waals surface area contributed by atoms with Gasteiger partial charge in [-0.1, -0.05) is 0 Å². The van der Waals surface area contributed by atoms with Crippen molar-refractivity contribution in [2.45, 2.75) is 17.7 Å². The second-order valence-electron chi connectivity index (χ2n) is 4.25. The summed E-state index contributed by atoms with van der Waals surface area (Å²) < 4.78 is 0. The fourth-order valence-corrected chi connectivity index (χ4v) is 2.93. The van der Waals surface area contributed by atoms with E-state index in [4.69, 9.17) is 5.73 Å². The maximum Gasteiger partial charge on any atom is 0.237 e. The maximum atomic E-state index is 11.9. The van der Waals surface area contributed by atoms with Gasteiger partial charge in [0.05, 0.1) is 11.4 Å². The SMILES string of the molecule is NC(=O)CCCN1C(=O)CSc2cc(C=O)ccc21. The van der Waals surface area contributed by atoms with E-state index in [9.17, 15) is 14.4 Å². The predicted molar refractivity (Wildman–Crippen MR) is 73.3 cm³/mol. The molecule has 1 aliphatic heterocycles. The van der Waals surface area contributed by atoms with E-state index in [1.54, 1.807) is 23.1 Å². The van der Waals surface area contributed by atoms with Crippen LogP contribution in [0.2, 0.25) is 0 Å². The van der Waals surface area contributed by atoms with Crippen LogP contribution in [0.5, 0.6) is 0 Å². The molecule has 0 aliphatic carbocycles. The lowest BCUT2D eigenvalue weighted by Gasteiger charge is -2.29. The second-order valence-corrected chi connectivity index (χ2v) is 5.27. The summed E-state index contributed by atoms with van der Waals surface area (Å²) in [4.78, 5) is 36.0. The smallest absolute Gasteiger partial charge is 0.237 e. The van der Waals surface area contributed by atoms with Crippen LogP contribution in [-0.4, -0.2) is 30.4 Å². The number of thioether (sulfide) groups is 1. The zero-order valence-electron chi connectivity index (χ0n) is 10.3. The lowest BCUT2D eigenvalue weighted by molar-refractivity contribution is -0.119. The minimum atomic E-state index is -0.365. The first-order chi connectivity index (χ1) is 9.11. The predicted octanol–water partition coefficient (Wildman–Crippen LogP) is 1.20. The van der Waals surface area contributed by atoms with Crippen molar-refractivity contribution in [1.29, 1.82) is 0 Å². The van der Waals surface area contributed by atoms with Gasteiger partial charge in [-0.05, 0) is 24.6 Å². The van der Waals surface area contributed by atoms with Crippen molar-refractivity contribution in [2.24, 2.45) is 5.73 Å². The van der Waals surface area contributed by atoms with Crippen LogP contribution in [0.1, 0.15) is 23.2 Å². The lowest BCUT2D eigenvalue weighted by Crippen LogP contribution is -2.36. The molecule has 0 saturated carbocycles. The standard InChI is InChI=1S/C13H14N2O3S/c14-12(17)2-1-5-15-10-4-3-9(7-16)6-11(10)19-8-13(15)18/h3-4,6-7H,1-2,5,8H2,(H2,14,17). The largest absolute Gasteiger partial charge is 0.370 e. The van der Waals surface area contributed by atoms with Gasteiger partial charge in [-0.25, -0.2) is 0 Å². The van der Waals surface area contributed by atoms with Gasteiger partial charge in [0, 0.05) is 23.4 Å². The van der Waals surface area contributed by atoms with Crippen LogP contribution in [0.25, 0.3) is 0 Å². The van der Waals surface area contributed by atoms with Gasteiger partial charge < -0.3 is 10.6 Å². The summed E-state index contributed by atoms with van der Waals surface area (Å²) in [6, 6.07) is 5.24. The quantitative estimate of drug-likeness (QED) is 0.821. The molecule has 0 saturated heterocycles. The minimum Gasteiger partial charge on any atom is -0.370 e. The zero-order chi connectivity index (χ0) is 13.8. The lowest BCUT2D eigenvalue weighted by atomic mass is 10.2. The van der Waals surface area contributed by atoms with Crippen LogP contribution in [0, 0.1) is 0 Å². The molecule has 1 heterocycles. The Labute approximate surface area is 115 Å². The highest BCUT2D eigenvalue weighted by molar-refractivity contribution is 8.00. The fourth-order valence-electron chi connectivity index (χ4n) is 1.95. The first kappa shape index (κ1) is 13.6. The molecular formula is C13H14N2O3S. The number of aldehydes is 1. The van der Waals surface area contributed by atoms with Gasteiger partial charge in [0.2, 0.25) is 11.8 Å². The first-order valence-electron chi connectivity index (χ1n) is 5.92. The summed E-state index contributed by atoms with van der Waals surface area (Å²) in [5.41, 5.74) is 6.49. The van der Waals surface area contributed by atoms with Gasteiger partial charge in [-0.15, -0.1) is 11.8 Å². The molecule has 0 spiro atoms. The Kier molecular flexibility index (Phi) is 4.21. The number of hydrogen-bond acceptors (Lipinski definition) is 4. The molecule has 0 unspecified atom stereocenters. The third kappa shape index (κ3) is 3.14. The van der Waals surface area contributed by atoms with Crippen molar-refractivity contribution >= 4 is 35.5 Å². The molecule has 2 N–H and O–H groups in total. The zero-order valence-corrected chi connectivity index (χ0v) is 11.1. The number of benzene rings is 1. The molecule has 100 valence electrons. The van der Waals surface area contributed by atoms with Crippen molar-refractivity contribution in [2.75, 3.05) is 17.2 Å². The van der Waals surface area contributed by atoms with Crippen LogP contribution in [0.3, 0.4) is 0 Å². The van der Waals surface area contributed by atoms with Gasteiger partial charge in [-0.3, -0.25) is 14.4 Å². The molecule has 6 heteroatoms. The van der Waals surface area contributed by atoms with Crippen LogP contribution in [-0.2, 0) is 9.59 Å². The number of anilines is 1. The van der Waals surface area contributed by atoms with Crippen molar-refractivity contribution in [3.8, 4) is 0 Å². The maximum absolute atomic E-state index is 11.9. The summed E-state index contributed by atoms with van der Waals surface area (Å²) >= 11 is 1.43. The molecule has 0 atom stereocenters. The van der Waals surface area contributed by atoms with E-state index in [-0.39, 0.29) is 18.2 Å². The van der Waals surface area contributed by atoms with E-state index in [0.29, 0.717) is 24.3 Å². The number of nitrogens with zero attached hydrogens (tertiary/aromatic N) is 1. The van der Waals surface area contributed by atoms with Crippen LogP contribution >= 0.6 is 11.8 Å². The average molecular weight is 278 g/mol. The van der Waals surface area contributed by atoms with Gasteiger partial charge in [0.1, 0.15) is 6.29 Å². The highest BCUT2D eigenvalue weighted by atomic mass is 32.2. The molecule has 1 aromatic carbocycles. The van der Waals surface area contributed by atoms with Crippen molar-refractivity contribution in [3.05, 3.63) is 23.8 Å². The number of carbonyl (C=O) groups is 3. The number of hydrogen-bond donors (Lipinski definition) is 1. The molecule has 1 aliphatic rings. The summed E-state index contributed by atoms with van der Waals surface area (Å²) in [6.07, 6.45) is 1.59. The summed E-state index contributed by atoms with van der Waals surface area (Å²) in [6.45, 7) is 0.468. The normalized spacial score (nSPS) is 14.1. The number of carbonyl (C=O) groups excluding carboxylic acids is 3. The summed E-state index contributed by atoms with van der Waals surface area (Å²) in [5, 5.41) is 0. The van der Waals surface area contributed by atoms with E-state index in [0.717, 1.165) is 16.9 Å². The second kappa shape index (κ2) is 5.88. The highest BCUT2D eigenvalue weighted by Gasteiger charge is 2.24. The Balaban J connectivity index is 2.18. The van der Waals surface area contributed by atoms with Gasteiger partial charge >= 0.3 is 0 Å². The topological polar surface area (TPSA) is 80.5 Å². The molecule has 0 bridgehead atoms. The Morgan fingerprint density at radius 2 is 2.26 bits per heavy atom. The molecule has 2 rings (SSSR count). The van der Waals surface area contributed by atoms with Crippen LogP contribution < -0.4 is 10.6 Å². The molecule has 19 heavy (non-hydrogen) atoms.